The summed E-state index contributed by atoms with van der Waals surface area (Å²) in [5.74, 6) is 0.281. The number of nitrogens with one attached hydrogen (secondary N) is 1. The molecule has 0 aromatic rings. The third-order valence-electron chi connectivity index (χ3n) is 1.01. The Balaban J connectivity index is 3.93. The van der Waals surface area contributed by atoms with Gasteiger partial charge >= 0.3 is 0 Å². The third-order valence-corrected chi connectivity index (χ3v) is 1.01. The van der Waals surface area contributed by atoms with E-state index in [9.17, 15) is 0 Å². The van der Waals surface area contributed by atoms with Crippen LogP contribution in [0.4, 0.5) is 0 Å². The van der Waals surface area contributed by atoms with Gasteiger partial charge in [-0.2, -0.15) is 0 Å². The van der Waals surface area contributed by atoms with Crippen LogP contribution in [-0.4, -0.2) is 5.71 Å². The van der Waals surface area contributed by atoms with E-state index in [1.165, 1.54) is 0 Å². The minimum absolute atomic E-state index is 0.281. The second-order valence-corrected chi connectivity index (χ2v) is 2.50. The lowest BCUT2D eigenvalue weighted by Crippen LogP contribution is -2.04. The van der Waals surface area contributed by atoms with E-state index in [0.717, 1.165) is 0 Å². The maximum Gasteiger partial charge on any atom is 0.0356 e. The minimum Gasteiger partial charge on any atom is -0.402 e. The number of nitrogens with two attached hydrogens (primary N) is 1. The van der Waals surface area contributed by atoms with Crippen LogP contribution >= 0.6 is 0 Å². The van der Waals surface area contributed by atoms with Crippen molar-refractivity contribution in [1.82, 2.24) is 0 Å². The van der Waals surface area contributed by atoms with E-state index >= 15 is 0 Å². The van der Waals surface area contributed by atoms with Gasteiger partial charge in [0.1, 0.15) is 0 Å². The normalized spacial score (nSPS) is 12.2. The Kier molecular flexibility index (Phi) is 2.99. The van der Waals surface area contributed by atoms with Crippen molar-refractivity contribution < 1.29 is 0 Å². The van der Waals surface area contributed by atoms with E-state index < -0.39 is 0 Å². The van der Waals surface area contributed by atoms with Crippen LogP contribution in [0.2, 0.25) is 0 Å². The summed E-state index contributed by atoms with van der Waals surface area (Å²) >= 11 is 0. The maximum absolute atomic E-state index is 7.32. The van der Waals surface area contributed by atoms with E-state index in [-0.39, 0.29) is 5.92 Å². The van der Waals surface area contributed by atoms with Crippen molar-refractivity contribution in [1.29, 1.82) is 5.41 Å². The van der Waals surface area contributed by atoms with Gasteiger partial charge in [-0.25, -0.2) is 0 Å². The molecule has 9 heavy (non-hydrogen) atoms. The summed E-state index contributed by atoms with van der Waals surface area (Å²) in [6.45, 7) is 5.74. The molecule has 0 aromatic carbocycles. The minimum atomic E-state index is 0.281. The molecule has 0 unspecified atom stereocenters. The van der Waals surface area contributed by atoms with Crippen LogP contribution in [-0.2, 0) is 0 Å². The SMILES string of the molecule is CC(N)=CC(=N)C(C)C. The van der Waals surface area contributed by atoms with Gasteiger partial charge in [0.25, 0.3) is 0 Å². The molecule has 2 nitrogen and oxygen atoms in total. The first kappa shape index (κ1) is 8.21. The van der Waals surface area contributed by atoms with Gasteiger partial charge in [-0.05, 0) is 18.9 Å². The molecule has 0 spiro atoms. The fraction of sp³-hybridized carbons (Fsp3) is 0.571. The standard InChI is InChI=1S/C7H14N2/c1-5(2)7(9)4-6(3)8/h4-5,9H,8H2,1-3H3. The zero-order chi connectivity index (χ0) is 7.44. The Bertz CT molecular complexity index is 130. The zero-order valence-corrected chi connectivity index (χ0v) is 6.23. The van der Waals surface area contributed by atoms with Crippen LogP contribution < -0.4 is 5.73 Å². The lowest BCUT2D eigenvalue weighted by molar-refractivity contribution is 0.880. The molecule has 0 aromatic heterocycles. The van der Waals surface area contributed by atoms with Crippen LogP contribution in [0.1, 0.15) is 20.8 Å². The monoisotopic (exact) mass is 126 g/mol. The molecule has 52 valence electrons. The average Bonchev–Trinajstić information content (AvgIpc) is 1.63. The zero-order valence-electron chi connectivity index (χ0n) is 6.23. The summed E-state index contributed by atoms with van der Waals surface area (Å²) in [6, 6.07) is 0. The lowest BCUT2D eigenvalue weighted by Gasteiger charge is -2.00. The van der Waals surface area contributed by atoms with Gasteiger partial charge in [0.15, 0.2) is 0 Å². The maximum atomic E-state index is 7.32. The predicted molar refractivity (Wildman–Crippen MR) is 40.5 cm³/mol. The van der Waals surface area contributed by atoms with Gasteiger partial charge in [0, 0.05) is 11.4 Å². The van der Waals surface area contributed by atoms with Crippen molar-refractivity contribution in [3.63, 3.8) is 0 Å². The molecule has 0 bridgehead atoms. The van der Waals surface area contributed by atoms with Crippen molar-refractivity contribution in [3.05, 3.63) is 11.8 Å². The summed E-state index contributed by atoms with van der Waals surface area (Å²) in [5.41, 5.74) is 6.65. The molecular formula is C7H14N2. The smallest absolute Gasteiger partial charge is 0.0356 e. The molecule has 0 atom stereocenters. The van der Waals surface area contributed by atoms with Crippen LogP contribution in [0.5, 0.6) is 0 Å². The number of hydrogen-bond acceptors (Lipinski definition) is 2. The highest BCUT2D eigenvalue weighted by molar-refractivity contribution is 5.94. The molecular weight excluding hydrogens is 112 g/mol. The molecule has 0 fully saturated rings. The molecule has 0 aliphatic carbocycles. The number of rotatable bonds is 2. The Labute approximate surface area is 56.3 Å². The van der Waals surface area contributed by atoms with Crippen molar-refractivity contribution in [3.8, 4) is 0 Å². The summed E-state index contributed by atoms with van der Waals surface area (Å²) in [5, 5.41) is 7.32. The van der Waals surface area contributed by atoms with Gasteiger partial charge in [0.2, 0.25) is 0 Å². The van der Waals surface area contributed by atoms with Crippen LogP contribution in [0.3, 0.4) is 0 Å². The van der Waals surface area contributed by atoms with E-state index in [4.69, 9.17) is 11.1 Å². The second-order valence-electron chi connectivity index (χ2n) is 2.50. The largest absolute Gasteiger partial charge is 0.402 e. The molecule has 2 heteroatoms. The molecule has 0 amide bonds. The molecule has 3 N–H and O–H groups in total. The second kappa shape index (κ2) is 3.28. The van der Waals surface area contributed by atoms with Crippen LogP contribution in [0, 0.1) is 11.3 Å². The average molecular weight is 126 g/mol. The summed E-state index contributed by atoms with van der Waals surface area (Å²) in [4.78, 5) is 0. The fourth-order valence-corrected chi connectivity index (χ4v) is 0.412. The van der Waals surface area contributed by atoms with E-state index in [2.05, 4.69) is 0 Å². The topological polar surface area (TPSA) is 49.9 Å². The highest BCUT2D eigenvalue weighted by Crippen LogP contribution is 1.96. The first-order valence-electron chi connectivity index (χ1n) is 3.06. The number of hydrogen-bond donors (Lipinski definition) is 2. The Hall–Kier alpha value is -0.790. The number of allylic oxidation sites excluding steroid dienone is 2. The molecule has 0 saturated carbocycles. The Morgan fingerprint density at radius 2 is 2.00 bits per heavy atom. The van der Waals surface area contributed by atoms with Gasteiger partial charge in [0.05, 0.1) is 0 Å². The molecule has 0 heterocycles. The molecule has 0 saturated heterocycles. The van der Waals surface area contributed by atoms with Gasteiger partial charge < -0.3 is 11.1 Å². The first-order valence-corrected chi connectivity index (χ1v) is 3.06. The van der Waals surface area contributed by atoms with Crippen molar-refractivity contribution >= 4 is 5.71 Å². The Morgan fingerprint density at radius 1 is 1.56 bits per heavy atom. The van der Waals surface area contributed by atoms with E-state index in [1.807, 2.05) is 13.8 Å². The lowest BCUT2D eigenvalue weighted by atomic mass is 10.1. The van der Waals surface area contributed by atoms with E-state index in [0.29, 0.717) is 11.4 Å². The van der Waals surface area contributed by atoms with Gasteiger partial charge in [-0.1, -0.05) is 13.8 Å². The molecule has 0 radical (unpaired) electrons. The van der Waals surface area contributed by atoms with Crippen molar-refractivity contribution in [2.45, 2.75) is 20.8 Å². The molecule has 0 rings (SSSR count). The summed E-state index contributed by atoms with van der Waals surface area (Å²) < 4.78 is 0. The van der Waals surface area contributed by atoms with Gasteiger partial charge in [-0.15, -0.1) is 0 Å². The summed E-state index contributed by atoms with van der Waals surface area (Å²) in [7, 11) is 0. The highest BCUT2D eigenvalue weighted by atomic mass is 14.6. The Morgan fingerprint density at radius 3 is 2.11 bits per heavy atom. The van der Waals surface area contributed by atoms with Gasteiger partial charge in [-0.3, -0.25) is 0 Å². The third kappa shape index (κ3) is 3.76. The van der Waals surface area contributed by atoms with Crippen molar-refractivity contribution in [2.24, 2.45) is 11.7 Å². The van der Waals surface area contributed by atoms with Crippen LogP contribution in [0.15, 0.2) is 11.8 Å². The quantitative estimate of drug-likeness (QED) is 0.541. The predicted octanol–water partition coefficient (Wildman–Crippen LogP) is 1.52. The highest BCUT2D eigenvalue weighted by Gasteiger charge is 1.96. The summed E-state index contributed by atoms with van der Waals surface area (Å²) in [6.07, 6.45) is 1.69. The molecule has 0 aliphatic heterocycles. The van der Waals surface area contributed by atoms with E-state index in [1.54, 1.807) is 13.0 Å². The molecule has 0 aliphatic rings. The first-order chi connectivity index (χ1) is 4.04. The fourth-order valence-electron chi connectivity index (χ4n) is 0.412. The van der Waals surface area contributed by atoms with Crippen molar-refractivity contribution in [2.75, 3.05) is 0 Å². The van der Waals surface area contributed by atoms with Crippen LogP contribution in [0.25, 0.3) is 0 Å².